The Labute approximate surface area is 198 Å². The molecule has 3 aromatic heterocycles. The molecule has 8 heteroatoms. The standard InChI is InChI=1S/C25H31N5O2S/c1-18-15-21(22-16-26-30(23(22)27-18)17-20-7-6-14-33-20)25(32)29-12-8-19(9-13-29)24(31)28-10-4-2-3-5-11-28/h6-7,14-16,19H,2-5,8-13,17H2,1H3. The fourth-order valence-electron chi connectivity index (χ4n) is 5.06. The molecule has 0 aromatic carbocycles. The summed E-state index contributed by atoms with van der Waals surface area (Å²) in [6, 6.07) is 5.98. The molecule has 2 aliphatic heterocycles. The molecule has 0 atom stereocenters. The minimum atomic E-state index is 0.0156. The predicted molar refractivity (Wildman–Crippen MR) is 129 cm³/mol. The van der Waals surface area contributed by atoms with Gasteiger partial charge in [0.25, 0.3) is 5.91 Å². The van der Waals surface area contributed by atoms with Crippen LogP contribution in [0, 0.1) is 12.8 Å². The smallest absolute Gasteiger partial charge is 0.254 e. The topological polar surface area (TPSA) is 71.3 Å². The van der Waals surface area contributed by atoms with Crippen LogP contribution < -0.4 is 0 Å². The van der Waals surface area contributed by atoms with Crippen molar-refractivity contribution in [2.75, 3.05) is 26.2 Å². The van der Waals surface area contributed by atoms with Crippen molar-refractivity contribution in [3.63, 3.8) is 0 Å². The van der Waals surface area contributed by atoms with Crippen LogP contribution in [0.25, 0.3) is 11.0 Å². The lowest BCUT2D eigenvalue weighted by Crippen LogP contribution is -2.44. The maximum absolute atomic E-state index is 13.5. The summed E-state index contributed by atoms with van der Waals surface area (Å²) < 4.78 is 1.87. The lowest BCUT2D eigenvalue weighted by Gasteiger charge is -2.34. The molecule has 5 rings (SSSR count). The number of amides is 2. The van der Waals surface area contributed by atoms with Crippen LogP contribution in [0.2, 0.25) is 0 Å². The van der Waals surface area contributed by atoms with E-state index < -0.39 is 0 Å². The van der Waals surface area contributed by atoms with Gasteiger partial charge in [-0.05, 0) is 50.1 Å². The molecule has 0 radical (unpaired) electrons. The third-order valence-corrected chi connectivity index (χ3v) is 7.76. The number of fused-ring (bicyclic) bond motifs is 1. The van der Waals surface area contributed by atoms with Gasteiger partial charge in [-0.1, -0.05) is 18.9 Å². The average Bonchev–Trinajstić information content (AvgIpc) is 3.40. The van der Waals surface area contributed by atoms with E-state index in [1.807, 2.05) is 28.6 Å². The number of carbonyl (C=O) groups is 2. The Hall–Kier alpha value is -2.74. The van der Waals surface area contributed by atoms with Crippen LogP contribution in [0.15, 0.2) is 29.8 Å². The van der Waals surface area contributed by atoms with Gasteiger partial charge in [0.15, 0.2) is 5.65 Å². The largest absolute Gasteiger partial charge is 0.342 e. The Morgan fingerprint density at radius 2 is 1.82 bits per heavy atom. The Bertz CT molecular complexity index is 1120. The van der Waals surface area contributed by atoms with Crippen molar-refractivity contribution in [1.29, 1.82) is 0 Å². The second kappa shape index (κ2) is 9.63. The van der Waals surface area contributed by atoms with Crippen LogP contribution >= 0.6 is 11.3 Å². The molecular weight excluding hydrogens is 434 g/mol. The van der Waals surface area contributed by atoms with Gasteiger partial charge in [-0.25, -0.2) is 9.67 Å². The van der Waals surface area contributed by atoms with Crippen LogP contribution in [0.4, 0.5) is 0 Å². The summed E-state index contributed by atoms with van der Waals surface area (Å²) in [5.41, 5.74) is 2.22. The molecular formula is C25H31N5O2S. The molecule has 0 spiro atoms. The van der Waals surface area contributed by atoms with Crippen LogP contribution in [0.5, 0.6) is 0 Å². The molecule has 33 heavy (non-hydrogen) atoms. The van der Waals surface area contributed by atoms with Crippen LogP contribution in [0.3, 0.4) is 0 Å². The van der Waals surface area contributed by atoms with E-state index in [0.29, 0.717) is 31.1 Å². The molecule has 0 saturated carbocycles. The van der Waals surface area contributed by atoms with E-state index in [1.165, 1.54) is 17.7 Å². The molecule has 0 N–H and O–H groups in total. The maximum atomic E-state index is 13.5. The van der Waals surface area contributed by atoms with E-state index in [9.17, 15) is 9.59 Å². The second-order valence-corrected chi connectivity index (χ2v) is 10.3. The van der Waals surface area contributed by atoms with Crippen molar-refractivity contribution < 1.29 is 9.59 Å². The molecule has 2 amide bonds. The number of aryl methyl sites for hydroxylation is 1. The molecule has 3 aromatic rings. The molecule has 0 bridgehead atoms. The van der Waals surface area contributed by atoms with E-state index in [0.717, 1.165) is 55.5 Å². The highest BCUT2D eigenvalue weighted by molar-refractivity contribution is 7.09. The third-order valence-electron chi connectivity index (χ3n) is 6.90. The monoisotopic (exact) mass is 465 g/mol. The number of aromatic nitrogens is 3. The van der Waals surface area contributed by atoms with Gasteiger partial charge >= 0.3 is 0 Å². The van der Waals surface area contributed by atoms with E-state index in [4.69, 9.17) is 0 Å². The van der Waals surface area contributed by atoms with Gasteiger partial charge in [-0.3, -0.25) is 9.59 Å². The van der Waals surface area contributed by atoms with E-state index in [2.05, 4.69) is 26.4 Å². The first-order valence-corrected chi connectivity index (χ1v) is 12.9. The Morgan fingerprint density at radius 1 is 1.06 bits per heavy atom. The Kier molecular flexibility index (Phi) is 6.44. The number of nitrogens with zero attached hydrogens (tertiary/aromatic N) is 5. The summed E-state index contributed by atoms with van der Waals surface area (Å²) in [5.74, 6) is 0.350. The van der Waals surface area contributed by atoms with E-state index >= 15 is 0 Å². The summed E-state index contributed by atoms with van der Waals surface area (Å²) >= 11 is 1.69. The van der Waals surface area contributed by atoms with Crippen molar-refractivity contribution in [3.05, 3.63) is 45.9 Å². The SMILES string of the molecule is Cc1cc(C(=O)N2CCC(C(=O)N3CCCCCC3)CC2)c2cnn(Cc3cccs3)c2n1. The molecule has 7 nitrogen and oxygen atoms in total. The average molecular weight is 466 g/mol. The van der Waals surface area contributed by atoms with Crippen molar-refractivity contribution in [2.24, 2.45) is 5.92 Å². The fourth-order valence-corrected chi connectivity index (χ4v) is 5.75. The fraction of sp³-hybridized carbons (Fsp3) is 0.520. The van der Waals surface area contributed by atoms with Gasteiger partial charge < -0.3 is 9.80 Å². The lowest BCUT2D eigenvalue weighted by atomic mass is 9.94. The van der Waals surface area contributed by atoms with Crippen LogP contribution in [-0.4, -0.2) is 62.6 Å². The number of hydrogen-bond acceptors (Lipinski definition) is 5. The normalized spacial score (nSPS) is 18.0. The molecule has 2 fully saturated rings. The van der Waals surface area contributed by atoms with Crippen LogP contribution in [-0.2, 0) is 11.3 Å². The predicted octanol–water partition coefficient (Wildman–Crippen LogP) is 4.10. The number of hydrogen-bond donors (Lipinski definition) is 0. The molecule has 174 valence electrons. The molecule has 2 saturated heterocycles. The first-order valence-electron chi connectivity index (χ1n) is 12.0. The summed E-state index contributed by atoms with van der Waals surface area (Å²) in [6.07, 6.45) is 7.91. The van der Waals surface area contributed by atoms with Crippen molar-refractivity contribution in [2.45, 2.75) is 52.0 Å². The highest BCUT2D eigenvalue weighted by atomic mass is 32.1. The van der Waals surface area contributed by atoms with Gasteiger partial charge in [0.05, 0.1) is 23.7 Å². The maximum Gasteiger partial charge on any atom is 0.254 e. The van der Waals surface area contributed by atoms with E-state index in [1.54, 1.807) is 17.5 Å². The number of thiophene rings is 1. The van der Waals surface area contributed by atoms with Gasteiger partial charge in [-0.15, -0.1) is 11.3 Å². The Morgan fingerprint density at radius 3 is 2.52 bits per heavy atom. The number of carbonyl (C=O) groups excluding carboxylic acids is 2. The first kappa shape index (κ1) is 22.1. The van der Waals surface area contributed by atoms with Crippen molar-refractivity contribution >= 4 is 34.2 Å². The first-order chi connectivity index (χ1) is 16.1. The zero-order valence-electron chi connectivity index (χ0n) is 19.2. The second-order valence-electron chi connectivity index (χ2n) is 9.24. The van der Waals surface area contributed by atoms with Gasteiger partial charge in [0.2, 0.25) is 5.91 Å². The minimum absolute atomic E-state index is 0.0156. The highest BCUT2D eigenvalue weighted by Gasteiger charge is 2.31. The van der Waals surface area contributed by atoms with Crippen molar-refractivity contribution in [3.8, 4) is 0 Å². The Balaban J connectivity index is 1.29. The zero-order valence-corrected chi connectivity index (χ0v) is 20.0. The quantitative estimate of drug-likeness (QED) is 0.582. The van der Waals surface area contributed by atoms with Gasteiger partial charge in [0, 0.05) is 42.7 Å². The lowest BCUT2D eigenvalue weighted by molar-refractivity contribution is -0.136. The van der Waals surface area contributed by atoms with Crippen molar-refractivity contribution in [1.82, 2.24) is 24.6 Å². The molecule has 5 heterocycles. The molecule has 0 aliphatic carbocycles. The van der Waals surface area contributed by atoms with E-state index in [-0.39, 0.29) is 11.8 Å². The summed E-state index contributed by atoms with van der Waals surface area (Å²) in [7, 11) is 0. The molecule has 2 aliphatic rings. The number of pyridine rings is 1. The van der Waals surface area contributed by atoms with Gasteiger partial charge in [0.1, 0.15) is 0 Å². The third kappa shape index (κ3) is 4.67. The summed E-state index contributed by atoms with van der Waals surface area (Å²) in [5, 5.41) is 7.38. The summed E-state index contributed by atoms with van der Waals surface area (Å²) in [4.78, 5) is 36.3. The molecule has 0 unspecified atom stereocenters. The van der Waals surface area contributed by atoms with Gasteiger partial charge in [-0.2, -0.15) is 5.10 Å². The number of piperidine rings is 1. The summed E-state index contributed by atoms with van der Waals surface area (Å²) in [6.45, 7) is 5.59. The number of rotatable bonds is 4. The zero-order chi connectivity index (χ0) is 22.8. The van der Waals surface area contributed by atoms with Crippen LogP contribution in [0.1, 0.15) is 59.5 Å². The number of likely N-dealkylation sites (tertiary alicyclic amines) is 2. The highest BCUT2D eigenvalue weighted by Crippen LogP contribution is 2.26. The minimum Gasteiger partial charge on any atom is -0.342 e.